The second-order valence-electron chi connectivity index (χ2n) is 6.92. The molecule has 0 atom stereocenters. The van der Waals surface area contributed by atoms with Gasteiger partial charge in [-0.1, -0.05) is 30.3 Å². The molecule has 0 radical (unpaired) electrons. The second kappa shape index (κ2) is 10.4. The van der Waals surface area contributed by atoms with Crippen molar-refractivity contribution in [1.29, 1.82) is 0 Å². The Hall–Kier alpha value is -3.86. The summed E-state index contributed by atoms with van der Waals surface area (Å²) in [5.74, 6) is 0.0367. The molecule has 0 aromatic heterocycles. The molecule has 1 amide bonds. The third-order valence-corrected chi connectivity index (χ3v) is 5.79. The SMILES string of the molecule is COc1ccc(CC(=O)N/N=C/c2cc(C(F)(F)F)ccc2S(=O)(=O)Oc2ccccc2)cc1. The van der Waals surface area contributed by atoms with Crippen LogP contribution in [0.3, 0.4) is 0 Å². The lowest BCUT2D eigenvalue weighted by Crippen LogP contribution is -2.20. The Morgan fingerprint density at radius 1 is 1.00 bits per heavy atom. The van der Waals surface area contributed by atoms with Gasteiger partial charge in [0.2, 0.25) is 5.91 Å². The molecule has 0 aliphatic rings. The molecule has 7 nitrogen and oxygen atoms in total. The Morgan fingerprint density at radius 3 is 2.29 bits per heavy atom. The van der Waals surface area contributed by atoms with E-state index in [1.165, 1.54) is 19.2 Å². The summed E-state index contributed by atoms with van der Waals surface area (Å²) in [7, 11) is -2.99. The van der Waals surface area contributed by atoms with Gasteiger partial charge < -0.3 is 8.92 Å². The van der Waals surface area contributed by atoms with E-state index < -0.39 is 38.2 Å². The van der Waals surface area contributed by atoms with E-state index in [1.807, 2.05) is 0 Å². The molecule has 0 aliphatic carbocycles. The van der Waals surface area contributed by atoms with Crippen LogP contribution in [0.15, 0.2) is 82.8 Å². The van der Waals surface area contributed by atoms with Gasteiger partial charge in [0.25, 0.3) is 0 Å². The first-order valence-corrected chi connectivity index (χ1v) is 11.1. The summed E-state index contributed by atoms with van der Waals surface area (Å²) in [4.78, 5) is 11.6. The fourth-order valence-corrected chi connectivity index (χ4v) is 3.93. The maximum atomic E-state index is 13.2. The molecule has 0 unspecified atom stereocenters. The molecule has 0 saturated heterocycles. The average molecular weight is 492 g/mol. The van der Waals surface area contributed by atoms with Crippen LogP contribution < -0.4 is 14.3 Å². The normalized spacial score (nSPS) is 11.9. The van der Waals surface area contributed by atoms with E-state index in [0.29, 0.717) is 23.4 Å². The van der Waals surface area contributed by atoms with Gasteiger partial charge in [-0.05, 0) is 48.0 Å². The number of amides is 1. The Kier molecular flexibility index (Phi) is 7.57. The van der Waals surface area contributed by atoms with Gasteiger partial charge in [0.15, 0.2) is 0 Å². The van der Waals surface area contributed by atoms with Gasteiger partial charge in [-0.2, -0.15) is 26.7 Å². The molecule has 0 heterocycles. The van der Waals surface area contributed by atoms with Gasteiger partial charge in [0.1, 0.15) is 16.4 Å². The number of ether oxygens (including phenoxy) is 1. The highest BCUT2D eigenvalue weighted by Gasteiger charge is 2.32. The monoisotopic (exact) mass is 492 g/mol. The Balaban J connectivity index is 1.82. The molecule has 0 spiro atoms. The summed E-state index contributed by atoms with van der Waals surface area (Å²) < 4.78 is 75.0. The Morgan fingerprint density at radius 2 is 1.68 bits per heavy atom. The quantitative estimate of drug-likeness (QED) is 0.289. The number of methoxy groups -OCH3 is 1. The number of hydrogen-bond acceptors (Lipinski definition) is 6. The lowest BCUT2D eigenvalue weighted by atomic mass is 10.1. The first kappa shape index (κ1) is 24.8. The molecule has 0 aliphatic heterocycles. The first-order valence-electron chi connectivity index (χ1n) is 9.74. The number of carbonyl (C=O) groups is 1. The summed E-state index contributed by atoms with van der Waals surface area (Å²) in [5, 5.41) is 3.64. The van der Waals surface area contributed by atoms with E-state index in [2.05, 4.69) is 10.5 Å². The zero-order valence-electron chi connectivity index (χ0n) is 17.7. The zero-order chi connectivity index (χ0) is 24.8. The highest BCUT2D eigenvalue weighted by atomic mass is 32.2. The van der Waals surface area contributed by atoms with Crippen LogP contribution >= 0.6 is 0 Å². The summed E-state index contributed by atoms with van der Waals surface area (Å²) in [6.07, 6.45) is -3.96. The van der Waals surface area contributed by atoms with Crippen LogP contribution in [0.25, 0.3) is 0 Å². The van der Waals surface area contributed by atoms with Gasteiger partial charge in [-0.15, -0.1) is 0 Å². The molecule has 3 aromatic carbocycles. The lowest BCUT2D eigenvalue weighted by Gasteiger charge is -2.12. The van der Waals surface area contributed by atoms with Gasteiger partial charge in [0.05, 0.1) is 25.3 Å². The lowest BCUT2D eigenvalue weighted by molar-refractivity contribution is -0.137. The average Bonchev–Trinajstić information content (AvgIpc) is 2.79. The number of carbonyl (C=O) groups excluding carboxylic acids is 1. The number of para-hydroxylation sites is 1. The molecule has 3 aromatic rings. The van der Waals surface area contributed by atoms with Crippen LogP contribution in [-0.4, -0.2) is 27.6 Å². The number of nitrogens with one attached hydrogen (secondary N) is 1. The predicted octanol–water partition coefficient (Wildman–Crippen LogP) is 4.17. The first-order chi connectivity index (χ1) is 16.1. The summed E-state index contributed by atoms with van der Waals surface area (Å²) in [5.41, 5.74) is 1.33. The summed E-state index contributed by atoms with van der Waals surface area (Å²) in [6, 6.07) is 16.2. The van der Waals surface area contributed by atoms with Crippen LogP contribution in [0.5, 0.6) is 11.5 Å². The van der Waals surface area contributed by atoms with Crippen LogP contribution in [0.4, 0.5) is 13.2 Å². The number of rotatable bonds is 8. The molecule has 11 heteroatoms. The number of benzene rings is 3. The largest absolute Gasteiger partial charge is 0.497 e. The number of halogens is 3. The van der Waals surface area contributed by atoms with Crippen LogP contribution in [0.2, 0.25) is 0 Å². The zero-order valence-corrected chi connectivity index (χ0v) is 18.6. The van der Waals surface area contributed by atoms with Gasteiger partial charge in [-0.25, -0.2) is 5.43 Å². The van der Waals surface area contributed by atoms with Crippen molar-refractivity contribution in [1.82, 2.24) is 5.43 Å². The van der Waals surface area contributed by atoms with E-state index in [9.17, 15) is 26.4 Å². The van der Waals surface area contributed by atoms with Crippen molar-refractivity contribution in [3.8, 4) is 11.5 Å². The Labute approximate surface area is 194 Å². The molecule has 178 valence electrons. The number of hydrogen-bond donors (Lipinski definition) is 1. The van der Waals surface area contributed by atoms with Crippen molar-refractivity contribution in [3.05, 3.63) is 89.5 Å². The third kappa shape index (κ3) is 6.58. The van der Waals surface area contributed by atoms with Crippen molar-refractivity contribution in [3.63, 3.8) is 0 Å². The molecular weight excluding hydrogens is 473 g/mol. The van der Waals surface area contributed by atoms with Gasteiger partial charge >= 0.3 is 16.3 Å². The maximum absolute atomic E-state index is 13.2. The molecular formula is C23H19F3N2O5S. The summed E-state index contributed by atoms with van der Waals surface area (Å²) in [6.45, 7) is 0. The minimum absolute atomic E-state index is 0.0157. The molecule has 0 saturated carbocycles. The minimum atomic E-state index is -4.72. The van der Waals surface area contributed by atoms with Crippen molar-refractivity contribution in [2.45, 2.75) is 17.5 Å². The van der Waals surface area contributed by atoms with Crippen molar-refractivity contribution in [2.24, 2.45) is 5.10 Å². The maximum Gasteiger partial charge on any atom is 0.416 e. The standard InChI is InChI=1S/C23H19F3N2O5S/c1-32-19-10-7-16(8-11-19)13-22(29)28-27-15-17-14-18(23(24,25)26)9-12-21(17)34(30,31)33-20-5-3-2-4-6-20/h2-12,14-15H,13H2,1H3,(H,28,29)/b27-15+. The van der Waals surface area contributed by atoms with E-state index in [1.54, 1.807) is 42.5 Å². The van der Waals surface area contributed by atoms with E-state index >= 15 is 0 Å². The smallest absolute Gasteiger partial charge is 0.416 e. The number of alkyl halides is 3. The van der Waals surface area contributed by atoms with Crippen LogP contribution in [-0.2, 0) is 27.5 Å². The molecule has 0 bridgehead atoms. The van der Waals surface area contributed by atoms with Gasteiger partial charge in [0, 0.05) is 5.56 Å². The minimum Gasteiger partial charge on any atom is -0.497 e. The highest BCUT2D eigenvalue weighted by Crippen LogP contribution is 2.32. The van der Waals surface area contributed by atoms with E-state index in [-0.39, 0.29) is 12.2 Å². The van der Waals surface area contributed by atoms with Crippen molar-refractivity contribution >= 4 is 22.2 Å². The highest BCUT2D eigenvalue weighted by molar-refractivity contribution is 7.87. The van der Waals surface area contributed by atoms with Crippen LogP contribution in [0, 0.1) is 0 Å². The van der Waals surface area contributed by atoms with Crippen molar-refractivity contribution in [2.75, 3.05) is 7.11 Å². The third-order valence-electron chi connectivity index (χ3n) is 4.47. The van der Waals surface area contributed by atoms with Crippen LogP contribution in [0.1, 0.15) is 16.7 Å². The summed E-state index contributed by atoms with van der Waals surface area (Å²) >= 11 is 0. The van der Waals surface area contributed by atoms with E-state index in [0.717, 1.165) is 12.3 Å². The molecule has 0 fully saturated rings. The molecule has 34 heavy (non-hydrogen) atoms. The second-order valence-corrected chi connectivity index (χ2v) is 8.43. The topological polar surface area (TPSA) is 94.1 Å². The van der Waals surface area contributed by atoms with E-state index in [4.69, 9.17) is 8.92 Å². The molecule has 1 N–H and O–H groups in total. The van der Waals surface area contributed by atoms with Gasteiger partial charge in [-0.3, -0.25) is 4.79 Å². The van der Waals surface area contributed by atoms with Crippen molar-refractivity contribution < 1.29 is 35.3 Å². The fourth-order valence-electron chi connectivity index (χ4n) is 2.84. The number of hydrazone groups is 1. The Bertz CT molecular complexity index is 1280. The fraction of sp³-hybridized carbons (Fsp3) is 0.130. The number of nitrogens with zero attached hydrogens (tertiary/aromatic N) is 1. The predicted molar refractivity (Wildman–Crippen MR) is 118 cm³/mol. The molecule has 3 rings (SSSR count).